The number of H-pyrrole nitrogens is 1. The summed E-state index contributed by atoms with van der Waals surface area (Å²) in [6, 6.07) is 20.3. The van der Waals surface area contributed by atoms with Gasteiger partial charge in [-0.1, -0.05) is 102 Å². The highest BCUT2D eigenvalue weighted by Gasteiger charge is 2.17. The van der Waals surface area contributed by atoms with Crippen LogP contribution in [0.5, 0.6) is 11.5 Å². The molecular formula is C38H52N3O3+. The molecule has 0 aliphatic heterocycles. The van der Waals surface area contributed by atoms with E-state index in [4.69, 9.17) is 9.47 Å². The van der Waals surface area contributed by atoms with Gasteiger partial charge in [0, 0.05) is 12.6 Å². The molecule has 4 aromatic rings. The highest BCUT2D eigenvalue weighted by atomic mass is 16.5. The molecule has 0 saturated heterocycles. The number of hydrogen-bond acceptors (Lipinski definition) is 3. The monoisotopic (exact) mass is 598 g/mol. The van der Waals surface area contributed by atoms with E-state index in [0.717, 1.165) is 52.5 Å². The quantitative estimate of drug-likeness (QED) is 0.0816. The highest BCUT2D eigenvalue weighted by molar-refractivity contribution is 5.91. The molecule has 6 heteroatoms. The van der Waals surface area contributed by atoms with Crippen LogP contribution in [0, 0.1) is 0 Å². The predicted molar refractivity (Wildman–Crippen MR) is 180 cm³/mol. The van der Waals surface area contributed by atoms with E-state index in [1.165, 1.54) is 70.6 Å². The molecule has 2 heterocycles. The fraction of sp³-hybridized carbons (Fsp3) is 0.474. The van der Waals surface area contributed by atoms with Gasteiger partial charge in [0.2, 0.25) is 5.91 Å². The number of unbranched alkanes of at least 4 members (excludes halogenated alkanes) is 11. The number of nitrogens with one attached hydrogen (secondary N) is 1. The van der Waals surface area contributed by atoms with Crippen molar-refractivity contribution in [3.63, 3.8) is 0 Å². The first-order valence-corrected chi connectivity index (χ1v) is 16.7. The van der Waals surface area contributed by atoms with Gasteiger partial charge < -0.3 is 14.4 Å². The Morgan fingerprint density at radius 3 is 2.23 bits per heavy atom. The Bertz CT molecular complexity index is 1430. The van der Waals surface area contributed by atoms with Gasteiger partial charge in [0.1, 0.15) is 6.20 Å². The van der Waals surface area contributed by atoms with E-state index >= 15 is 0 Å². The summed E-state index contributed by atoms with van der Waals surface area (Å²) in [7, 11) is 1.67. The van der Waals surface area contributed by atoms with E-state index in [0.29, 0.717) is 13.2 Å². The molecule has 0 atom stereocenters. The number of imidazole rings is 1. The van der Waals surface area contributed by atoms with E-state index < -0.39 is 0 Å². The van der Waals surface area contributed by atoms with Crippen LogP contribution in [0.25, 0.3) is 5.52 Å². The fourth-order valence-corrected chi connectivity index (χ4v) is 5.83. The molecule has 0 saturated carbocycles. The van der Waals surface area contributed by atoms with Crippen LogP contribution in [0.15, 0.2) is 73.1 Å². The molecule has 2 aromatic heterocycles. The summed E-state index contributed by atoms with van der Waals surface area (Å²) in [5.74, 6) is 2.55. The standard InChI is InChI=1S/C38H51N3O3/c1-4-5-6-7-8-9-10-11-12-13-14-17-25-44-37-27-33(22-23-36(37)43-3)30-41(31(2)42)34-21-18-19-32(26-34)28-38-39-29-35-20-15-16-24-40(35)38/h15-16,18-24,26-27,29H,4-14,17,25,28,30H2,1-3H3/p+1. The van der Waals surface area contributed by atoms with Gasteiger partial charge in [0.25, 0.3) is 5.82 Å². The van der Waals surface area contributed by atoms with Gasteiger partial charge in [-0.25, -0.2) is 4.98 Å². The summed E-state index contributed by atoms with van der Waals surface area (Å²) in [4.78, 5) is 18.0. The minimum Gasteiger partial charge on any atom is -0.493 e. The lowest BCUT2D eigenvalue weighted by Crippen LogP contribution is -2.28. The second-order valence-corrected chi connectivity index (χ2v) is 11.9. The second kappa shape index (κ2) is 18.1. The van der Waals surface area contributed by atoms with Gasteiger partial charge in [0.15, 0.2) is 17.0 Å². The summed E-state index contributed by atoms with van der Waals surface area (Å²) in [6.45, 7) is 5.02. The zero-order chi connectivity index (χ0) is 31.0. The number of benzene rings is 2. The molecule has 0 aliphatic rings. The Morgan fingerprint density at radius 2 is 1.52 bits per heavy atom. The van der Waals surface area contributed by atoms with Crippen LogP contribution in [-0.2, 0) is 17.8 Å². The van der Waals surface area contributed by atoms with Crippen LogP contribution in [0.3, 0.4) is 0 Å². The van der Waals surface area contributed by atoms with E-state index in [1.807, 2.05) is 53.6 Å². The maximum Gasteiger partial charge on any atom is 0.263 e. The Labute approximate surface area is 264 Å². The molecule has 6 nitrogen and oxygen atoms in total. The van der Waals surface area contributed by atoms with Crippen molar-refractivity contribution >= 4 is 17.1 Å². The predicted octanol–water partition coefficient (Wildman–Crippen LogP) is 8.99. The van der Waals surface area contributed by atoms with Crippen molar-refractivity contribution in [2.45, 2.75) is 104 Å². The van der Waals surface area contributed by atoms with Crippen LogP contribution in [0.1, 0.15) is 108 Å². The number of anilines is 1. The van der Waals surface area contributed by atoms with E-state index in [-0.39, 0.29) is 5.91 Å². The van der Waals surface area contributed by atoms with Gasteiger partial charge in [-0.05, 0) is 53.9 Å². The number of hydrogen-bond donors (Lipinski definition) is 1. The Balaban J connectivity index is 1.27. The third-order valence-electron chi connectivity index (χ3n) is 8.37. The van der Waals surface area contributed by atoms with Crippen molar-refractivity contribution in [1.29, 1.82) is 0 Å². The molecular weight excluding hydrogens is 546 g/mol. The lowest BCUT2D eigenvalue weighted by Gasteiger charge is -2.22. The largest absolute Gasteiger partial charge is 0.493 e. The number of pyridine rings is 1. The number of ether oxygens (including phenoxy) is 2. The molecule has 236 valence electrons. The summed E-state index contributed by atoms with van der Waals surface area (Å²) in [5.41, 5.74) is 4.14. The SMILES string of the molecule is CCCCCCCCCCCCCCOc1cc(CN(C(C)=O)c2cccc(Cc3[nH]cc4cccc[n+]34)c2)ccc1OC. The maximum absolute atomic E-state index is 12.8. The molecule has 0 radical (unpaired) electrons. The maximum atomic E-state index is 12.8. The van der Waals surface area contributed by atoms with Crippen molar-refractivity contribution in [3.8, 4) is 11.5 Å². The number of nitrogens with zero attached hydrogens (tertiary/aromatic N) is 2. The number of aromatic nitrogens is 2. The normalized spacial score (nSPS) is 11.2. The minimum absolute atomic E-state index is 0.00312. The number of aromatic amines is 1. The molecule has 1 N–H and O–H groups in total. The summed E-state index contributed by atoms with van der Waals surface area (Å²) >= 11 is 0. The van der Waals surface area contributed by atoms with Crippen LogP contribution >= 0.6 is 0 Å². The molecule has 4 rings (SSSR count). The van der Waals surface area contributed by atoms with E-state index in [9.17, 15) is 4.79 Å². The van der Waals surface area contributed by atoms with Crippen LogP contribution in [0.2, 0.25) is 0 Å². The van der Waals surface area contributed by atoms with Crippen molar-refractivity contribution in [1.82, 2.24) is 4.98 Å². The molecule has 2 aromatic carbocycles. The number of amides is 1. The van der Waals surface area contributed by atoms with Gasteiger partial charge in [-0.3, -0.25) is 4.79 Å². The zero-order valence-electron chi connectivity index (χ0n) is 27.2. The number of rotatable bonds is 20. The lowest BCUT2D eigenvalue weighted by molar-refractivity contribution is -0.520. The zero-order valence-corrected chi connectivity index (χ0v) is 27.2. The smallest absolute Gasteiger partial charge is 0.263 e. The van der Waals surface area contributed by atoms with E-state index in [2.05, 4.69) is 40.7 Å². The topological polar surface area (TPSA) is 58.7 Å². The number of methoxy groups -OCH3 is 1. The summed E-state index contributed by atoms with van der Waals surface area (Å²) < 4.78 is 13.9. The van der Waals surface area contributed by atoms with Gasteiger partial charge in [-0.2, -0.15) is 4.40 Å². The fourth-order valence-electron chi connectivity index (χ4n) is 5.83. The molecule has 0 fully saturated rings. The number of fused-ring (bicyclic) bond motifs is 1. The highest BCUT2D eigenvalue weighted by Crippen LogP contribution is 2.30. The minimum atomic E-state index is -0.00312. The first kappa shape index (κ1) is 33.1. The van der Waals surface area contributed by atoms with Gasteiger partial charge in [0.05, 0.1) is 32.9 Å². The molecule has 0 aliphatic carbocycles. The Hall–Kier alpha value is -3.80. The van der Waals surface area contributed by atoms with E-state index in [1.54, 1.807) is 14.0 Å². The van der Waals surface area contributed by atoms with Crippen LogP contribution in [-0.4, -0.2) is 24.6 Å². The number of carbonyl (C=O) groups excluding carboxylic acids is 1. The molecule has 44 heavy (non-hydrogen) atoms. The second-order valence-electron chi connectivity index (χ2n) is 11.9. The van der Waals surface area contributed by atoms with Crippen molar-refractivity contribution in [2.24, 2.45) is 0 Å². The Kier molecular flexibility index (Phi) is 13.6. The molecule has 0 spiro atoms. The van der Waals surface area contributed by atoms with Gasteiger partial charge in [-0.15, -0.1) is 0 Å². The lowest BCUT2D eigenvalue weighted by atomic mass is 10.1. The van der Waals surface area contributed by atoms with Crippen molar-refractivity contribution < 1.29 is 18.7 Å². The average molecular weight is 599 g/mol. The average Bonchev–Trinajstić information content (AvgIpc) is 3.44. The molecule has 1 amide bonds. The number of carbonyl (C=O) groups is 1. The first-order chi connectivity index (χ1) is 21.6. The van der Waals surface area contributed by atoms with Gasteiger partial charge >= 0.3 is 0 Å². The first-order valence-electron chi connectivity index (χ1n) is 16.7. The summed E-state index contributed by atoms with van der Waals surface area (Å²) in [5, 5.41) is 0. The van der Waals surface area contributed by atoms with Crippen LogP contribution < -0.4 is 18.8 Å². The Morgan fingerprint density at radius 1 is 0.795 bits per heavy atom. The third-order valence-corrected chi connectivity index (χ3v) is 8.37. The van der Waals surface area contributed by atoms with Crippen molar-refractivity contribution in [3.05, 3.63) is 90.0 Å². The summed E-state index contributed by atoms with van der Waals surface area (Å²) in [6.07, 6.45) is 20.6. The van der Waals surface area contributed by atoms with Crippen molar-refractivity contribution in [2.75, 3.05) is 18.6 Å². The molecule has 0 bridgehead atoms. The third kappa shape index (κ3) is 10.1. The molecule has 0 unspecified atom stereocenters. The van der Waals surface area contributed by atoms with Crippen LogP contribution in [0.4, 0.5) is 5.69 Å².